The molecular formula is C13H10N2O2. The SMILES string of the molecule is O=C(c1ncccn1)c1cccc2c1OCC2. The van der Waals surface area contributed by atoms with Gasteiger partial charge in [0.15, 0.2) is 0 Å². The van der Waals surface area contributed by atoms with E-state index in [4.69, 9.17) is 4.74 Å². The maximum Gasteiger partial charge on any atom is 0.233 e. The van der Waals surface area contributed by atoms with Crippen molar-refractivity contribution < 1.29 is 9.53 Å². The molecule has 2 heterocycles. The smallest absolute Gasteiger partial charge is 0.233 e. The molecule has 0 spiro atoms. The zero-order chi connectivity index (χ0) is 11.7. The van der Waals surface area contributed by atoms with Crippen LogP contribution in [0.25, 0.3) is 0 Å². The summed E-state index contributed by atoms with van der Waals surface area (Å²) in [5.41, 5.74) is 1.62. The molecule has 3 rings (SSSR count). The van der Waals surface area contributed by atoms with Crippen molar-refractivity contribution in [2.24, 2.45) is 0 Å². The normalized spacial score (nSPS) is 12.9. The minimum Gasteiger partial charge on any atom is -0.492 e. The lowest BCUT2D eigenvalue weighted by Gasteiger charge is -2.05. The second-order valence-electron chi connectivity index (χ2n) is 3.79. The van der Waals surface area contributed by atoms with Gasteiger partial charge in [-0.15, -0.1) is 0 Å². The van der Waals surface area contributed by atoms with Crippen molar-refractivity contribution in [2.45, 2.75) is 6.42 Å². The highest BCUT2D eigenvalue weighted by Crippen LogP contribution is 2.30. The summed E-state index contributed by atoms with van der Waals surface area (Å²) in [5, 5.41) is 0. The standard InChI is InChI=1S/C13H10N2O2/c16-11(13-14-6-2-7-15-13)10-4-1-3-9-5-8-17-12(9)10/h1-4,6-7H,5,8H2. The van der Waals surface area contributed by atoms with Crippen LogP contribution in [0.1, 0.15) is 21.7 Å². The molecular weight excluding hydrogens is 216 g/mol. The van der Waals surface area contributed by atoms with Gasteiger partial charge in [0.1, 0.15) is 5.75 Å². The van der Waals surface area contributed by atoms with Gasteiger partial charge in [0.25, 0.3) is 0 Å². The van der Waals surface area contributed by atoms with Crippen molar-refractivity contribution >= 4 is 5.78 Å². The number of para-hydroxylation sites is 1. The first-order chi connectivity index (χ1) is 8.36. The largest absolute Gasteiger partial charge is 0.492 e. The molecule has 0 N–H and O–H groups in total. The molecule has 0 fully saturated rings. The molecule has 0 atom stereocenters. The van der Waals surface area contributed by atoms with Crippen LogP contribution in [0.15, 0.2) is 36.7 Å². The molecule has 0 saturated heterocycles. The molecule has 1 aromatic carbocycles. The van der Waals surface area contributed by atoms with Crippen LogP contribution in [0.2, 0.25) is 0 Å². The second-order valence-corrected chi connectivity index (χ2v) is 3.79. The van der Waals surface area contributed by atoms with E-state index in [0.29, 0.717) is 17.9 Å². The maximum absolute atomic E-state index is 12.2. The highest BCUT2D eigenvalue weighted by Gasteiger charge is 2.22. The Kier molecular flexibility index (Phi) is 2.33. The lowest BCUT2D eigenvalue weighted by molar-refractivity contribution is 0.102. The fraction of sp³-hybridized carbons (Fsp3) is 0.154. The number of ketones is 1. The van der Waals surface area contributed by atoms with Crippen LogP contribution >= 0.6 is 0 Å². The lowest BCUT2D eigenvalue weighted by Crippen LogP contribution is -2.07. The number of hydrogen-bond donors (Lipinski definition) is 0. The summed E-state index contributed by atoms with van der Waals surface area (Å²) in [6, 6.07) is 7.28. The van der Waals surface area contributed by atoms with Gasteiger partial charge in [-0.05, 0) is 17.7 Å². The molecule has 2 aromatic rings. The number of carbonyl (C=O) groups is 1. The predicted molar refractivity (Wildman–Crippen MR) is 61.1 cm³/mol. The number of carbonyl (C=O) groups excluding carboxylic acids is 1. The summed E-state index contributed by atoms with van der Waals surface area (Å²) in [5.74, 6) is 0.700. The Balaban J connectivity index is 2.06. The van der Waals surface area contributed by atoms with Crippen LogP contribution in [0.5, 0.6) is 5.75 Å². The van der Waals surface area contributed by atoms with Gasteiger partial charge in [0, 0.05) is 18.8 Å². The Labute approximate surface area is 98.3 Å². The molecule has 17 heavy (non-hydrogen) atoms. The number of nitrogens with zero attached hydrogens (tertiary/aromatic N) is 2. The highest BCUT2D eigenvalue weighted by atomic mass is 16.5. The average Bonchev–Trinajstić information content (AvgIpc) is 2.87. The first kappa shape index (κ1) is 9.96. The van der Waals surface area contributed by atoms with Gasteiger partial charge in [-0.2, -0.15) is 0 Å². The first-order valence-electron chi connectivity index (χ1n) is 5.42. The molecule has 1 aliphatic heterocycles. The molecule has 0 saturated carbocycles. The molecule has 0 bridgehead atoms. The molecule has 0 aliphatic carbocycles. The maximum atomic E-state index is 12.2. The van der Waals surface area contributed by atoms with Gasteiger partial charge in [0.05, 0.1) is 12.2 Å². The van der Waals surface area contributed by atoms with Gasteiger partial charge in [-0.1, -0.05) is 12.1 Å². The summed E-state index contributed by atoms with van der Waals surface area (Å²) in [7, 11) is 0. The monoisotopic (exact) mass is 226 g/mol. The molecule has 1 aromatic heterocycles. The van der Waals surface area contributed by atoms with Crippen molar-refractivity contribution in [3.63, 3.8) is 0 Å². The van der Waals surface area contributed by atoms with Gasteiger partial charge in [0.2, 0.25) is 11.6 Å². The summed E-state index contributed by atoms with van der Waals surface area (Å²) < 4.78 is 5.50. The van der Waals surface area contributed by atoms with E-state index in [9.17, 15) is 4.79 Å². The zero-order valence-corrected chi connectivity index (χ0v) is 9.09. The number of ether oxygens (including phenoxy) is 1. The van der Waals surface area contributed by atoms with Gasteiger partial charge < -0.3 is 4.74 Å². The van der Waals surface area contributed by atoms with E-state index < -0.39 is 0 Å². The topological polar surface area (TPSA) is 52.1 Å². The fourth-order valence-corrected chi connectivity index (χ4v) is 1.93. The fourth-order valence-electron chi connectivity index (χ4n) is 1.93. The summed E-state index contributed by atoms with van der Waals surface area (Å²) in [6.45, 7) is 0.634. The van der Waals surface area contributed by atoms with Crippen LogP contribution in [0.4, 0.5) is 0 Å². The first-order valence-corrected chi connectivity index (χ1v) is 5.42. The Bertz CT molecular complexity index is 567. The average molecular weight is 226 g/mol. The highest BCUT2D eigenvalue weighted by molar-refractivity contribution is 6.08. The number of rotatable bonds is 2. The van der Waals surface area contributed by atoms with E-state index in [2.05, 4.69) is 9.97 Å². The molecule has 4 nitrogen and oxygen atoms in total. The third kappa shape index (κ3) is 1.67. The molecule has 84 valence electrons. The molecule has 1 aliphatic rings. The quantitative estimate of drug-likeness (QED) is 0.730. The van der Waals surface area contributed by atoms with E-state index in [0.717, 1.165) is 12.0 Å². The van der Waals surface area contributed by atoms with E-state index in [1.807, 2.05) is 12.1 Å². The number of hydrogen-bond acceptors (Lipinski definition) is 4. The van der Waals surface area contributed by atoms with Crippen molar-refractivity contribution in [3.05, 3.63) is 53.6 Å². The molecule has 0 radical (unpaired) electrons. The summed E-state index contributed by atoms with van der Waals surface area (Å²) in [6.07, 6.45) is 3.97. The van der Waals surface area contributed by atoms with Crippen LogP contribution in [0, 0.1) is 0 Å². The molecule has 0 amide bonds. The third-order valence-corrected chi connectivity index (χ3v) is 2.73. The van der Waals surface area contributed by atoms with E-state index in [1.165, 1.54) is 0 Å². The van der Waals surface area contributed by atoms with Gasteiger partial charge in [-0.25, -0.2) is 9.97 Å². The zero-order valence-electron chi connectivity index (χ0n) is 9.09. The van der Waals surface area contributed by atoms with E-state index in [-0.39, 0.29) is 11.6 Å². The van der Waals surface area contributed by atoms with Crippen LogP contribution in [-0.2, 0) is 6.42 Å². The summed E-state index contributed by atoms with van der Waals surface area (Å²) >= 11 is 0. The predicted octanol–water partition coefficient (Wildman–Crippen LogP) is 1.64. The van der Waals surface area contributed by atoms with Gasteiger partial charge >= 0.3 is 0 Å². The molecule has 4 heteroatoms. The second kappa shape index (κ2) is 3.97. The van der Waals surface area contributed by atoms with Crippen LogP contribution in [0.3, 0.4) is 0 Å². The minimum atomic E-state index is -0.190. The van der Waals surface area contributed by atoms with Crippen LogP contribution in [-0.4, -0.2) is 22.4 Å². The Morgan fingerprint density at radius 3 is 2.82 bits per heavy atom. The van der Waals surface area contributed by atoms with Crippen molar-refractivity contribution in [2.75, 3.05) is 6.61 Å². The van der Waals surface area contributed by atoms with Gasteiger partial charge in [-0.3, -0.25) is 4.79 Å². The van der Waals surface area contributed by atoms with E-state index >= 15 is 0 Å². The van der Waals surface area contributed by atoms with E-state index in [1.54, 1.807) is 24.5 Å². The number of benzene rings is 1. The van der Waals surface area contributed by atoms with Crippen molar-refractivity contribution in [3.8, 4) is 5.75 Å². The van der Waals surface area contributed by atoms with Crippen molar-refractivity contribution in [1.29, 1.82) is 0 Å². The van der Waals surface area contributed by atoms with Crippen molar-refractivity contribution in [1.82, 2.24) is 9.97 Å². The lowest BCUT2D eigenvalue weighted by atomic mass is 10.0. The Hall–Kier alpha value is -2.23. The Morgan fingerprint density at radius 2 is 2.00 bits per heavy atom. The number of aromatic nitrogens is 2. The van der Waals surface area contributed by atoms with Crippen LogP contribution < -0.4 is 4.74 Å². The summed E-state index contributed by atoms with van der Waals surface area (Å²) in [4.78, 5) is 20.1. The molecule has 0 unspecified atom stereocenters. The number of fused-ring (bicyclic) bond motifs is 1. The third-order valence-electron chi connectivity index (χ3n) is 2.73. The minimum absolute atomic E-state index is 0.190. The Morgan fingerprint density at radius 1 is 1.18 bits per heavy atom.